The van der Waals surface area contributed by atoms with Crippen molar-refractivity contribution >= 4 is 11.7 Å². The van der Waals surface area contributed by atoms with E-state index in [-0.39, 0.29) is 18.0 Å². The van der Waals surface area contributed by atoms with E-state index in [2.05, 4.69) is 15.2 Å². The molecular weight excluding hydrogens is 256 g/mol. The Labute approximate surface area is 119 Å². The van der Waals surface area contributed by atoms with Gasteiger partial charge in [0.15, 0.2) is 0 Å². The highest BCUT2D eigenvalue weighted by atomic mass is 16.5. The summed E-state index contributed by atoms with van der Waals surface area (Å²) < 4.78 is 5.43. The molecule has 1 unspecified atom stereocenters. The normalized spacial score (nSPS) is 20.1. The largest absolute Gasteiger partial charge is 0.384 e. The molecule has 20 heavy (non-hydrogen) atoms. The third-order valence-corrected chi connectivity index (χ3v) is 3.21. The fraction of sp³-hybridized carbons (Fsp3) is 0.571. The highest BCUT2D eigenvalue weighted by Gasteiger charge is 2.29. The standard InChI is InChI=1S/C14H22N4O2/c1-10(2)17-14(19)12-9-20-6-5-18(12)8-11-3-4-13(15)16-7-11/h3-4,7,10,12H,5-6,8-9H2,1-2H3,(H2,15,16)(H,17,19). The van der Waals surface area contributed by atoms with E-state index in [9.17, 15) is 4.79 Å². The van der Waals surface area contributed by atoms with Crippen LogP contribution in [0.4, 0.5) is 5.82 Å². The van der Waals surface area contributed by atoms with Gasteiger partial charge in [0.25, 0.3) is 0 Å². The van der Waals surface area contributed by atoms with Gasteiger partial charge in [0, 0.05) is 25.3 Å². The Kier molecular flexibility index (Phi) is 4.92. The number of nitrogens with one attached hydrogen (secondary N) is 1. The van der Waals surface area contributed by atoms with Crippen molar-refractivity contribution in [1.29, 1.82) is 0 Å². The van der Waals surface area contributed by atoms with Crippen molar-refractivity contribution in [2.45, 2.75) is 32.5 Å². The molecule has 2 heterocycles. The van der Waals surface area contributed by atoms with Crippen molar-refractivity contribution in [2.75, 3.05) is 25.5 Å². The van der Waals surface area contributed by atoms with Crippen LogP contribution in [0.3, 0.4) is 0 Å². The van der Waals surface area contributed by atoms with Gasteiger partial charge in [0.05, 0.1) is 13.2 Å². The van der Waals surface area contributed by atoms with Crippen LogP contribution < -0.4 is 11.1 Å². The van der Waals surface area contributed by atoms with Crippen LogP contribution in [0, 0.1) is 0 Å². The fourth-order valence-electron chi connectivity index (χ4n) is 2.21. The van der Waals surface area contributed by atoms with Crippen LogP contribution in [-0.2, 0) is 16.1 Å². The van der Waals surface area contributed by atoms with E-state index in [1.807, 2.05) is 19.9 Å². The van der Waals surface area contributed by atoms with Gasteiger partial charge in [-0.25, -0.2) is 4.98 Å². The van der Waals surface area contributed by atoms with E-state index >= 15 is 0 Å². The van der Waals surface area contributed by atoms with Crippen LogP contribution in [0.5, 0.6) is 0 Å². The molecule has 1 aromatic heterocycles. The lowest BCUT2D eigenvalue weighted by atomic mass is 10.1. The lowest BCUT2D eigenvalue weighted by Gasteiger charge is -2.34. The number of hydrogen-bond acceptors (Lipinski definition) is 5. The van der Waals surface area contributed by atoms with E-state index < -0.39 is 0 Å². The van der Waals surface area contributed by atoms with Crippen LogP contribution in [0.1, 0.15) is 19.4 Å². The molecule has 6 heteroatoms. The van der Waals surface area contributed by atoms with Crippen molar-refractivity contribution in [2.24, 2.45) is 0 Å². The molecule has 0 spiro atoms. The monoisotopic (exact) mass is 278 g/mol. The maximum Gasteiger partial charge on any atom is 0.239 e. The lowest BCUT2D eigenvalue weighted by Crippen LogP contribution is -2.54. The SMILES string of the molecule is CC(C)NC(=O)C1COCCN1Cc1ccc(N)nc1. The van der Waals surface area contributed by atoms with Crippen molar-refractivity contribution in [3.05, 3.63) is 23.9 Å². The van der Waals surface area contributed by atoms with Crippen LogP contribution in [0.2, 0.25) is 0 Å². The number of amides is 1. The Bertz CT molecular complexity index is 447. The molecule has 1 aromatic rings. The highest BCUT2D eigenvalue weighted by Crippen LogP contribution is 2.13. The number of anilines is 1. The maximum atomic E-state index is 12.2. The first-order valence-corrected chi connectivity index (χ1v) is 6.89. The van der Waals surface area contributed by atoms with Crippen molar-refractivity contribution in [1.82, 2.24) is 15.2 Å². The zero-order valence-electron chi connectivity index (χ0n) is 12.0. The summed E-state index contributed by atoms with van der Waals surface area (Å²) >= 11 is 0. The average molecular weight is 278 g/mol. The summed E-state index contributed by atoms with van der Waals surface area (Å²) in [6.07, 6.45) is 1.75. The fourth-order valence-corrected chi connectivity index (χ4v) is 2.21. The summed E-state index contributed by atoms with van der Waals surface area (Å²) in [7, 11) is 0. The van der Waals surface area contributed by atoms with Gasteiger partial charge >= 0.3 is 0 Å². The van der Waals surface area contributed by atoms with Gasteiger partial charge in [-0.15, -0.1) is 0 Å². The number of nitrogens with zero attached hydrogens (tertiary/aromatic N) is 2. The molecule has 0 radical (unpaired) electrons. The average Bonchev–Trinajstić information content (AvgIpc) is 2.41. The number of nitrogen functional groups attached to an aromatic ring is 1. The van der Waals surface area contributed by atoms with E-state index in [4.69, 9.17) is 10.5 Å². The Morgan fingerprint density at radius 2 is 2.40 bits per heavy atom. The first-order chi connectivity index (χ1) is 9.56. The van der Waals surface area contributed by atoms with Gasteiger partial charge < -0.3 is 15.8 Å². The van der Waals surface area contributed by atoms with Gasteiger partial charge in [-0.1, -0.05) is 6.07 Å². The number of nitrogens with two attached hydrogens (primary N) is 1. The number of pyridine rings is 1. The third-order valence-electron chi connectivity index (χ3n) is 3.21. The summed E-state index contributed by atoms with van der Waals surface area (Å²) in [6, 6.07) is 3.60. The Hall–Kier alpha value is -1.66. The molecular formula is C14H22N4O2. The molecule has 110 valence electrons. The molecule has 1 saturated heterocycles. The van der Waals surface area contributed by atoms with E-state index in [1.165, 1.54) is 0 Å². The number of carbonyl (C=O) groups is 1. The Morgan fingerprint density at radius 1 is 1.60 bits per heavy atom. The van der Waals surface area contributed by atoms with Crippen molar-refractivity contribution in [3.63, 3.8) is 0 Å². The summed E-state index contributed by atoms with van der Waals surface area (Å²) in [5.41, 5.74) is 6.63. The van der Waals surface area contributed by atoms with E-state index in [0.717, 1.165) is 12.1 Å². The molecule has 1 aliphatic heterocycles. The van der Waals surface area contributed by atoms with Crippen LogP contribution >= 0.6 is 0 Å². The summed E-state index contributed by atoms with van der Waals surface area (Å²) in [5.74, 6) is 0.521. The highest BCUT2D eigenvalue weighted by molar-refractivity contribution is 5.82. The molecule has 1 amide bonds. The second-order valence-corrected chi connectivity index (χ2v) is 5.32. The van der Waals surface area contributed by atoms with Crippen molar-refractivity contribution in [3.8, 4) is 0 Å². The number of carbonyl (C=O) groups excluding carboxylic acids is 1. The molecule has 3 N–H and O–H groups in total. The van der Waals surface area contributed by atoms with Crippen molar-refractivity contribution < 1.29 is 9.53 Å². The molecule has 0 bridgehead atoms. The second kappa shape index (κ2) is 6.67. The minimum atomic E-state index is -0.247. The summed E-state index contributed by atoms with van der Waals surface area (Å²) in [6.45, 7) is 6.40. The molecule has 0 aromatic carbocycles. The van der Waals surface area contributed by atoms with Crippen LogP contribution in [0.25, 0.3) is 0 Å². The Balaban J connectivity index is 2.03. The quantitative estimate of drug-likeness (QED) is 0.833. The topological polar surface area (TPSA) is 80.5 Å². The first-order valence-electron chi connectivity index (χ1n) is 6.89. The molecule has 2 rings (SSSR count). The minimum Gasteiger partial charge on any atom is -0.384 e. The number of morpholine rings is 1. The lowest BCUT2D eigenvalue weighted by molar-refractivity contribution is -0.133. The van der Waals surface area contributed by atoms with E-state index in [1.54, 1.807) is 12.3 Å². The molecule has 0 saturated carbocycles. The smallest absolute Gasteiger partial charge is 0.239 e. The molecule has 6 nitrogen and oxygen atoms in total. The van der Waals surface area contributed by atoms with Gasteiger partial charge in [-0.2, -0.15) is 0 Å². The van der Waals surface area contributed by atoms with E-state index in [0.29, 0.717) is 25.6 Å². The van der Waals surface area contributed by atoms with Crippen LogP contribution in [-0.4, -0.2) is 47.6 Å². The number of hydrogen-bond donors (Lipinski definition) is 2. The summed E-state index contributed by atoms with van der Waals surface area (Å²) in [5, 5.41) is 2.94. The summed E-state index contributed by atoms with van der Waals surface area (Å²) in [4.78, 5) is 18.4. The van der Waals surface area contributed by atoms with Gasteiger partial charge in [0.1, 0.15) is 11.9 Å². The van der Waals surface area contributed by atoms with Gasteiger partial charge in [-0.05, 0) is 25.5 Å². The zero-order valence-corrected chi connectivity index (χ0v) is 12.0. The Morgan fingerprint density at radius 3 is 3.05 bits per heavy atom. The first kappa shape index (κ1) is 14.7. The minimum absolute atomic E-state index is 0.0168. The zero-order chi connectivity index (χ0) is 14.5. The van der Waals surface area contributed by atoms with Crippen LogP contribution in [0.15, 0.2) is 18.3 Å². The molecule has 0 aliphatic carbocycles. The number of rotatable bonds is 4. The van der Waals surface area contributed by atoms with Gasteiger partial charge in [0.2, 0.25) is 5.91 Å². The second-order valence-electron chi connectivity index (χ2n) is 5.32. The van der Waals surface area contributed by atoms with Gasteiger partial charge in [-0.3, -0.25) is 9.69 Å². The molecule has 1 aliphatic rings. The molecule has 1 atom stereocenters. The predicted octanol–water partition coefficient (Wildman–Crippen LogP) is 0.389. The number of ether oxygens (including phenoxy) is 1. The third kappa shape index (κ3) is 3.91. The maximum absolute atomic E-state index is 12.2. The predicted molar refractivity (Wildman–Crippen MR) is 76.9 cm³/mol. The number of aromatic nitrogens is 1. The molecule has 1 fully saturated rings.